The van der Waals surface area contributed by atoms with Crippen LogP contribution < -0.4 is 11.1 Å². The molecule has 0 aliphatic heterocycles. The van der Waals surface area contributed by atoms with E-state index >= 15 is 0 Å². The lowest BCUT2D eigenvalue weighted by Crippen LogP contribution is -2.36. The first-order valence-electron chi connectivity index (χ1n) is 7.36. The number of aliphatic hydroxyl groups is 1. The van der Waals surface area contributed by atoms with E-state index in [1.54, 1.807) is 0 Å². The van der Waals surface area contributed by atoms with Crippen LogP contribution in [0.3, 0.4) is 0 Å². The zero-order valence-corrected chi connectivity index (χ0v) is 12.4. The van der Waals surface area contributed by atoms with Crippen molar-refractivity contribution in [2.75, 3.05) is 12.3 Å². The Hall–Kier alpha value is -1.55. The summed E-state index contributed by atoms with van der Waals surface area (Å²) >= 11 is 0. The van der Waals surface area contributed by atoms with Gasteiger partial charge in [0, 0.05) is 18.7 Å². The Balaban J connectivity index is 2.32. The largest absolute Gasteiger partial charge is 0.399 e. The Morgan fingerprint density at radius 1 is 1.30 bits per heavy atom. The van der Waals surface area contributed by atoms with Gasteiger partial charge in [-0.05, 0) is 24.0 Å². The van der Waals surface area contributed by atoms with Gasteiger partial charge < -0.3 is 16.2 Å². The zero-order chi connectivity index (χ0) is 15.0. The molecule has 0 aliphatic carbocycles. The highest BCUT2D eigenvalue weighted by Gasteiger charge is 2.16. The van der Waals surface area contributed by atoms with Crippen LogP contribution >= 0.6 is 0 Å². The average molecular weight is 278 g/mol. The zero-order valence-electron chi connectivity index (χ0n) is 12.4. The summed E-state index contributed by atoms with van der Waals surface area (Å²) in [5.41, 5.74) is 7.54. The van der Waals surface area contributed by atoms with Crippen molar-refractivity contribution in [1.82, 2.24) is 5.32 Å². The molecule has 0 heterocycles. The molecule has 0 fully saturated rings. The van der Waals surface area contributed by atoms with E-state index < -0.39 is 6.10 Å². The molecular formula is C16H26N2O2. The van der Waals surface area contributed by atoms with Crippen LogP contribution in [-0.4, -0.2) is 23.7 Å². The summed E-state index contributed by atoms with van der Waals surface area (Å²) < 4.78 is 0. The maximum atomic E-state index is 11.8. The van der Waals surface area contributed by atoms with Gasteiger partial charge in [-0.25, -0.2) is 0 Å². The Morgan fingerprint density at radius 3 is 2.55 bits per heavy atom. The van der Waals surface area contributed by atoms with Gasteiger partial charge in [0.25, 0.3) is 0 Å². The summed E-state index contributed by atoms with van der Waals surface area (Å²) in [5, 5.41) is 12.7. The lowest BCUT2D eigenvalue weighted by molar-refractivity contribution is -0.121. The van der Waals surface area contributed by atoms with E-state index in [2.05, 4.69) is 19.2 Å². The highest BCUT2D eigenvalue weighted by Crippen LogP contribution is 2.13. The number of nitrogens with two attached hydrogens (primary N) is 1. The summed E-state index contributed by atoms with van der Waals surface area (Å²) in [6, 6.07) is 7.57. The molecule has 1 aromatic rings. The Bertz CT molecular complexity index is 417. The molecular weight excluding hydrogens is 252 g/mol. The van der Waals surface area contributed by atoms with Crippen LogP contribution in [0.5, 0.6) is 0 Å². The van der Waals surface area contributed by atoms with E-state index in [1.165, 1.54) is 0 Å². The number of hydrogen-bond donors (Lipinski definition) is 3. The van der Waals surface area contributed by atoms with E-state index in [-0.39, 0.29) is 11.8 Å². The fraction of sp³-hybridized carbons (Fsp3) is 0.562. The minimum Gasteiger partial charge on any atom is -0.399 e. The molecule has 112 valence electrons. The van der Waals surface area contributed by atoms with Crippen LogP contribution in [0.1, 0.15) is 38.7 Å². The predicted molar refractivity (Wildman–Crippen MR) is 82.3 cm³/mol. The highest BCUT2D eigenvalue weighted by molar-refractivity contribution is 5.76. The number of nitrogen functional groups attached to an aromatic ring is 1. The van der Waals surface area contributed by atoms with E-state index in [9.17, 15) is 9.90 Å². The number of anilines is 1. The quantitative estimate of drug-likeness (QED) is 0.638. The number of benzene rings is 1. The fourth-order valence-corrected chi connectivity index (χ4v) is 2.32. The summed E-state index contributed by atoms with van der Waals surface area (Å²) in [5.74, 6) is 0.207. The van der Waals surface area contributed by atoms with Crippen molar-refractivity contribution in [2.24, 2.45) is 5.92 Å². The first-order chi connectivity index (χ1) is 9.58. The summed E-state index contributed by atoms with van der Waals surface area (Å²) in [6.45, 7) is 4.43. The first-order valence-corrected chi connectivity index (χ1v) is 7.36. The van der Waals surface area contributed by atoms with Gasteiger partial charge >= 0.3 is 0 Å². The van der Waals surface area contributed by atoms with Crippen LogP contribution in [-0.2, 0) is 11.2 Å². The van der Waals surface area contributed by atoms with Crippen LogP contribution in [0.25, 0.3) is 0 Å². The number of aliphatic hydroxyl groups excluding tert-OH is 1. The first kappa shape index (κ1) is 16.5. The smallest absolute Gasteiger partial charge is 0.220 e. The normalized spacial score (nSPS) is 12.4. The molecule has 1 aromatic carbocycles. The number of amides is 1. The second-order valence-corrected chi connectivity index (χ2v) is 5.15. The fourth-order valence-electron chi connectivity index (χ4n) is 2.32. The molecule has 0 aliphatic rings. The molecule has 1 atom stereocenters. The third-order valence-corrected chi connectivity index (χ3v) is 3.78. The standard InChI is InChI=1S/C16H26N2O2/c1-3-12(4-2)15(19)11-18-16(20)10-9-13-7-5-6-8-14(13)17/h5-8,12,15,19H,3-4,9-11,17H2,1-2H3,(H,18,20). The molecule has 4 N–H and O–H groups in total. The maximum Gasteiger partial charge on any atom is 0.220 e. The van der Waals surface area contributed by atoms with Crippen LogP contribution in [0.4, 0.5) is 5.69 Å². The monoisotopic (exact) mass is 278 g/mol. The molecule has 0 saturated heterocycles. The van der Waals surface area contributed by atoms with Gasteiger partial charge in [0.1, 0.15) is 0 Å². The van der Waals surface area contributed by atoms with Gasteiger partial charge in [-0.1, -0.05) is 44.9 Å². The van der Waals surface area contributed by atoms with Crippen molar-refractivity contribution in [3.63, 3.8) is 0 Å². The van der Waals surface area contributed by atoms with Crippen molar-refractivity contribution in [3.8, 4) is 0 Å². The summed E-state index contributed by atoms with van der Waals surface area (Å²) in [7, 11) is 0. The SMILES string of the molecule is CCC(CC)C(O)CNC(=O)CCc1ccccc1N. The van der Waals surface area contributed by atoms with Gasteiger partial charge in [0.05, 0.1) is 6.10 Å². The summed E-state index contributed by atoms with van der Waals surface area (Å²) in [6.07, 6.45) is 2.40. The average Bonchev–Trinajstić information content (AvgIpc) is 2.45. The van der Waals surface area contributed by atoms with Crippen molar-refractivity contribution in [3.05, 3.63) is 29.8 Å². The molecule has 4 heteroatoms. The number of aryl methyl sites for hydroxylation is 1. The Kier molecular flexibility index (Phi) is 7.09. The topological polar surface area (TPSA) is 75.3 Å². The van der Waals surface area contributed by atoms with Gasteiger partial charge in [0.15, 0.2) is 0 Å². The van der Waals surface area contributed by atoms with Crippen LogP contribution in [0.2, 0.25) is 0 Å². The number of para-hydroxylation sites is 1. The van der Waals surface area contributed by atoms with Gasteiger partial charge in [-0.2, -0.15) is 0 Å². The lowest BCUT2D eigenvalue weighted by Gasteiger charge is -2.20. The number of carbonyl (C=O) groups is 1. The molecule has 20 heavy (non-hydrogen) atoms. The highest BCUT2D eigenvalue weighted by atomic mass is 16.3. The molecule has 0 bridgehead atoms. The minimum atomic E-state index is -0.462. The lowest BCUT2D eigenvalue weighted by atomic mass is 9.96. The van der Waals surface area contributed by atoms with Crippen LogP contribution in [0.15, 0.2) is 24.3 Å². The minimum absolute atomic E-state index is 0.0433. The van der Waals surface area contributed by atoms with Crippen molar-refractivity contribution >= 4 is 11.6 Å². The molecule has 0 saturated carbocycles. The van der Waals surface area contributed by atoms with Crippen molar-refractivity contribution in [2.45, 2.75) is 45.6 Å². The van der Waals surface area contributed by atoms with Crippen molar-refractivity contribution in [1.29, 1.82) is 0 Å². The molecule has 1 rings (SSSR count). The second kappa shape index (κ2) is 8.59. The number of nitrogens with one attached hydrogen (secondary N) is 1. The van der Waals surface area contributed by atoms with Gasteiger partial charge in [0.2, 0.25) is 5.91 Å². The third-order valence-electron chi connectivity index (χ3n) is 3.78. The van der Waals surface area contributed by atoms with Crippen molar-refractivity contribution < 1.29 is 9.90 Å². The second-order valence-electron chi connectivity index (χ2n) is 5.15. The van der Waals surface area contributed by atoms with Gasteiger partial charge in [-0.15, -0.1) is 0 Å². The van der Waals surface area contributed by atoms with E-state index in [4.69, 9.17) is 5.73 Å². The maximum absolute atomic E-state index is 11.8. The Labute approximate surface area is 121 Å². The predicted octanol–water partition coefficient (Wildman–Crippen LogP) is 2.11. The number of rotatable bonds is 8. The molecule has 1 amide bonds. The molecule has 0 radical (unpaired) electrons. The number of carbonyl (C=O) groups excluding carboxylic acids is 1. The molecule has 0 aromatic heterocycles. The molecule has 0 spiro atoms. The Morgan fingerprint density at radius 2 is 1.95 bits per heavy atom. The third kappa shape index (κ3) is 5.21. The van der Waals surface area contributed by atoms with E-state index in [1.807, 2.05) is 24.3 Å². The molecule has 1 unspecified atom stereocenters. The van der Waals surface area contributed by atoms with Gasteiger partial charge in [-0.3, -0.25) is 4.79 Å². The van der Waals surface area contributed by atoms with Crippen LogP contribution in [0, 0.1) is 5.92 Å². The van der Waals surface area contributed by atoms with E-state index in [0.29, 0.717) is 19.4 Å². The van der Waals surface area contributed by atoms with E-state index in [0.717, 1.165) is 24.1 Å². The summed E-state index contributed by atoms with van der Waals surface area (Å²) in [4.78, 5) is 11.8. The molecule has 4 nitrogen and oxygen atoms in total. The number of hydrogen-bond acceptors (Lipinski definition) is 3.